The third kappa shape index (κ3) is 5.55. The maximum atomic E-state index is 11.2. The normalized spacial score (nSPS) is 9.92. The zero-order valence-corrected chi connectivity index (χ0v) is 9.26. The largest absolute Gasteiger partial charge is 0.385 e. The number of methoxy groups -OCH3 is 1. The van der Waals surface area contributed by atoms with Crippen molar-refractivity contribution in [1.82, 2.24) is 4.90 Å². The van der Waals surface area contributed by atoms with Crippen LogP contribution in [0.2, 0.25) is 0 Å². The highest BCUT2D eigenvalue weighted by molar-refractivity contribution is 9.09. The number of alkyl halides is 1. The van der Waals surface area contributed by atoms with E-state index in [1.165, 1.54) is 0 Å². The van der Waals surface area contributed by atoms with Crippen LogP contribution in [0.5, 0.6) is 0 Å². The van der Waals surface area contributed by atoms with Gasteiger partial charge in [0.1, 0.15) is 0 Å². The van der Waals surface area contributed by atoms with Crippen molar-refractivity contribution in [3.05, 3.63) is 0 Å². The van der Waals surface area contributed by atoms with Crippen molar-refractivity contribution in [3.8, 4) is 0 Å². The van der Waals surface area contributed by atoms with Gasteiger partial charge in [-0.25, -0.2) is 0 Å². The van der Waals surface area contributed by atoms with Gasteiger partial charge in [0.25, 0.3) is 0 Å². The summed E-state index contributed by atoms with van der Waals surface area (Å²) in [4.78, 5) is 12.9. The lowest BCUT2D eigenvalue weighted by Crippen LogP contribution is -2.28. The lowest BCUT2D eigenvalue weighted by molar-refractivity contribution is -0.129. The van der Waals surface area contributed by atoms with E-state index in [0.29, 0.717) is 13.0 Å². The fraction of sp³-hybridized carbons (Fsp3) is 0.875. The van der Waals surface area contributed by atoms with Crippen LogP contribution >= 0.6 is 15.9 Å². The Bertz CT molecular complexity index is 130. The molecule has 0 spiro atoms. The van der Waals surface area contributed by atoms with Gasteiger partial charge in [0, 0.05) is 39.1 Å². The van der Waals surface area contributed by atoms with Crippen LogP contribution in [-0.2, 0) is 9.53 Å². The molecule has 0 unspecified atom stereocenters. The molecule has 0 aliphatic carbocycles. The quantitative estimate of drug-likeness (QED) is 0.515. The third-order valence-electron chi connectivity index (χ3n) is 1.58. The number of nitrogens with zero attached hydrogens (tertiary/aromatic N) is 1. The Balaban J connectivity index is 3.42. The summed E-state index contributed by atoms with van der Waals surface area (Å²) in [6, 6.07) is 0. The fourth-order valence-electron chi connectivity index (χ4n) is 0.842. The van der Waals surface area contributed by atoms with E-state index in [1.54, 1.807) is 12.0 Å². The predicted octanol–water partition coefficient (Wildman–Crippen LogP) is 1.27. The van der Waals surface area contributed by atoms with E-state index in [2.05, 4.69) is 15.9 Å². The molecule has 12 heavy (non-hydrogen) atoms. The fourth-order valence-corrected chi connectivity index (χ4v) is 1.18. The molecule has 0 saturated carbocycles. The predicted molar refractivity (Wildman–Crippen MR) is 52.5 cm³/mol. The molecule has 72 valence electrons. The van der Waals surface area contributed by atoms with Crippen LogP contribution in [0.1, 0.15) is 12.8 Å². The number of carbonyl (C=O) groups is 1. The first-order valence-corrected chi connectivity index (χ1v) is 5.13. The van der Waals surface area contributed by atoms with E-state index in [1.807, 2.05) is 7.05 Å². The number of rotatable bonds is 6. The Kier molecular flexibility index (Phi) is 7.50. The molecule has 0 N–H and O–H groups in total. The van der Waals surface area contributed by atoms with E-state index >= 15 is 0 Å². The van der Waals surface area contributed by atoms with Crippen LogP contribution in [0.3, 0.4) is 0 Å². The van der Waals surface area contributed by atoms with E-state index in [-0.39, 0.29) is 5.91 Å². The minimum absolute atomic E-state index is 0.183. The number of carbonyl (C=O) groups excluding carboxylic acids is 1. The highest BCUT2D eigenvalue weighted by Crippen LogP contribution is 1.95. The van der Waals surface area contributed by atoms with Crippen molar-refractivity contribution < 1.29 is 9.53 Å². The van der Waals surface area contributed by atoms with Gasteiger partial charge in [-0.1, -0.05) is 15.9 Å². The average molecular weight is 238 g/mol. The average Bonchev–Trinajstić information content (AvgIpc) is 2.05. The minimum atomic E-state index is 0.183. The van der Waals surface area contributed by atoms with Crippen molar-refractivity contribution in [2.24, 2.45) is 0 Å². The molecule has 0 atom stereocenters. The Morgan fingerprint density at radius 1 is 1.58 bits per heavy atom. The summed E-state index contributed by atoms with van der Waals surface area (Å²) in [6.07, 6.45) is 1.48. The first kappa shape index (κ1) is 11.9. The highest BCUT2D eigenvalue weighted by Gasteiger charge is 2.05. The summed E-state index contributed by atoms with van der Waals surface area (Å²) >= 11 is 3.23. The van der Waals surface area contributed by atoms with Gasteiger partial charge in [0.05, 0.1) is 0 Å². The Labute approximate surface area is 82.2 Å². The molecule has 0 aromatic heterocycles. The molecule has 0 bridgehead atoms. The minimum Gasteiger partial charge on any atom is -0.385 e. The summed E-state index contributed by atoms with van der Waals surface area (Å²) in [5, 5.41) is 0.737. The molecule has 0 aliphatic heterocycles. The van der Waals surface area contributed by atoms with Crippen LogP contribution in [0, 0.1) is 0 Å². The number of halogens is 1. The zero-order chi connectivity index (χ0) is 9.40. The van der Waals surface area contributed by atoms with E-state index in [0.717, 1.165) is 18.3 Å². The number of amides is 1. The lowest BCUT2D eigenvalue weighted by atomic mass is 10.3. The lowest BCUT2D eigenvalue weighted by Gasteiger charge is -2.15. The summed E-state index contributed by atoms with van der Waals surface area (Å²) < 4.78 is 4.88. The van der Waals surface area contributed by atoms with E-state index < -0.39 is 0 Å². The number of hydrogen-bond donors (Lipinski definition) is 0. The molecule has 0 aliphatic rings. The monoisotopic (exact) mass is 237 g/mol. The van der Waals surface area contributed by atoms with Crippen LogP contribution in [0.4, 0.5) is 0 Å². The van der Waals surface area contributed by atoms with E-state index in [9.17, 15) is 4.79 Å². The highest BCUT2D eigenvalue weighted by atomic mass is 79.9. The molecule has 0 radical (unpaired) electrons. The van der Waals surface area contributed by atoms with Gasteiger partial charge in [-0.05, 0) is 6.42 Å². The van der Waals surface area contributed by atoms with Gasteiger partial charge in [-0.15, -0.1) is 0 Å². The molecule has 4 heteroatoms. The van der Waals surface area contributed by atoms with E-state index in [4.69, 9.17) is 4.74 Å². The number of hydrogen-bond acceptors (Lipinski definition) is 2. The second kappa shape index (κ2) is 7.55. The Hall–Kier alpha value is -0.0900. The van der Waals surface area contributed by atoms with Crippen molar-refractivity contribution in [2.45, 2.75) is 12.8 Å². The molecule has 1 amide bonds. The van der Waals surface area contributed by atoms with Crippen LogP contribution in [-0.4, -0.2) is 43.4 Å². The standard InChI is InChI=1S/C8H16BrNO2/c1-10(6-3-7-12-2)8(11)4-5-9/h3-7H2,1-2H3. The zero-order valence-electron chi connectivity index (χ0n) is 7.68. The van der Waals surface area contributed by atoms with Crippen molar-refractivity contribution in [3.63, 3.8) is 0 Å². The van der Waals surface area contributed by atoms with Crippen LogP contribution in [0.25, 0.3) is 0 Å². The van der Waals surface area contributed by atoms with Gasteiger partial charge < -0.3 is 9.64 Å². The van der Waals surface area contributed by atoms with Gasteiger partial charge in [0.2, 0.25) is 5.91 Å². The van der Waals surface area contributed by atoms with Gasteiger partial charge in [0.15, 0.2) is 0 Å². The van der Waals surface area contributed by atoms with Crippen LogP contribution < -0.4 is 0 Å². The molecular formula is C8H16BrNO2. The topological polar surface area (TPSA) is 29.5 Å². The summed E-state index contributed by atoms with van der Waals surface area (Å²) in [7, 11) is 3.49. The third-order valence-corrected chi connectivity index (χ3v) is 1.97. The maximum Gasteiger partial charge on any atom is 0.223 e. The Morgan fingerprint density at radius 3 is 2.75 bits per heavy atom. The van der Waals surface area contributed by atoms with Crippen molar-refractivity contribution >= 4 is 21.8 Å². The van der Waals surface area contributed by atoms with Crippen LogP contribution in [0.15, 0.2) is 0 Å². The SMILES string of the molecule is COCCCN(C)C(=O)CCBr. The number of ether oxygens (including phenoxy) is 1. The van der Waals surface area contributed by atoms with Gasteiger partial charge in [-0.3, -0.25) is 4.79 Å². The molecule has 0 saturated heterocycles. The molecule has 0 rings (SSSR count). The molecule has 0 heterocycles. The van der Waals surface area contributed by atoms with Gasteiger partial charge >= 0.3 is 0 Å². The molecule has 3 nitrogen and oxygen atoms in total. The molecule has 0 aromatic carbocycles. The summed E-state index contributed by atoms with van der Waals surface area (Å²) in [5.74, 6) is 0.183. The molecular weight excluding hydrogens is 222 g/mol. The smallest absolute Gasteiger partial charge is 0.223 e. The first-order valence-electron chi connectivity index (χ1n) is 4.01. The molecule has 0 fully saturated rings. The molecule has 0 aromatic rings. The van der Waals surface area contributed by atoms with Crippen molar-refractivity contribution in [1.29, 1.82) is 0 Å². The second-order valence-electron chi connectivity index (χ2n) is 2.60. The summed E-state index contributed by atoms with van der Waals surface area (Å²) in [6.45, 7) is 1.49. The second-order valence-corrected chi connectivity index (χ2v) is 3.39. The van der Waals surface area contributed by atoms with Crippen molar-refractivity contribution in [2.75, 3.05) is 32.6 Å². The first-order chi connectivity index (χ1) is 5.72. The summed E-state index contributed by atoms with van der Waals surface area (Å²) in [5.41, 5.74) is 0. The van der Waals surface area contributed by atoms with Gasteiger partial charge in [-0.2, -0.15) is 0 Å². The Morgan fingerprint density at radius 2 is 2.25 bits per heavy atom. The maximum absolute atomic E-state index is 11.2.